The van der Waals surface area contributed by atoms with Gasteiger partial charge in [0.25, 0.3) is 0 Å². The number of rotatable bonds is 5. The van der Waals surface area contributed by atoms with E-state index in [0.29, 0.717) is 12.5 Å². The predicted molar refractivity (Wildman–Crippen MR) is 95.1 cm³/mol. The molecule has 1 saturated carbocycles. The van der Waals surface area contributed by atoms with Crippen molar-refractivity contribution in [2.45, 2.75) is 51.5 Å². The number of carbonyl (C=O) groups excluding carboxylic acids is 1. The van der Waals surface area contributed by atoms with Crippen LogP contribution in [-0.2, 0) is 4.79 Å². The van der Waals surface area contributed by atoms with Crippen LogP contribution in [0.25, 0.3) is 0 Å². The molecule has 23 heavy (non-hydrogen) atoms. The van der Waals surface area contributed by atoms with Crippen LogP contribution in [-0.4, -0.2) is 54.6 Å². The van der Waals surface area contributed by atoms with Crippen molar-refractivity contribution in [2.75, 3.05) is 37.6 Å². The monoisotopic (exact) mass is 336 g/mol. The van der Waals surface area contributed by atoms with E-state index in [9.17, 15) is 4.79 Å². The molecule has 0 spiro atoms. The maximum absolute atomic E-state index is 12.1. The van der Waals surface area contributed by atoms with Crippen molar-refractivity contribution in [3.05, 3.63) is 11.1 Å². The van der Waals surface area contributed by atoms with Gasteiger partial charge in [-0.25, -0.2) is 4.98 Å². The molecular formula is C17H28N4OS. The molecule has 0 unspecified atom stereocenters. The van der Waals surface area contributed by atoms with E-state index in [4.69, 9.17) is 0 Å². The number of aryl methyl sites for hydroxylation is 1. The molecule has 1 saturated heterocycles. The average molecular weight is 337 g/mol. The first kappa shape index (κ1) is 16.7. The molecule has 0 aromatic carbocycles. The third-order valence-electron chi connectivity index (χ3n) is 4.88. The van der Waals surface area contributed by atoms with Crippen LogP contribution in [0.15, 0.2) is 5.38 Å². The number of thiazole rings is 1. The van der Waals surface area contributed by atoms with Crippen molar-refractivity contribution in [2.24, 2.45) is 0 Å². The molecule has 2 heterocycles. The fourth-order valence-corrected chi connectivity index (χ4v) is 4.31. The average Bonchev–Trinajstić information content (AvgIpc) is 3.01. The molecule has 0 atom stereocenters. The molecule has 2 fully saturated rings. The molecular weight excluding hydrogens is 308 g/mol. The van der Waals surface area contributed by atoms with E-state index in [-0.39, 0.29) is 5.91 Å². The quantitative estimate of drug-likeness (QED) is 0.897. The smallest absolute Gasteiger partial charge is 0.221 e. The summed E-state index contributed by atoms with van der Waals surface area (Å²) in [6.45, 7) is 6.99. The minimum absolute atomic E-state index is 0.231. The molecule has 3 rings (SSSR count). The number of nitrogens with one attached hydrogen (secondary N) is 1. The summed E-state index contributed by atoms with van der Waals surface area (Å²) in [6.07, 6.45) is 6.82. The Hall–Kier alpha value is -1.14. The molecule has 6 heteroatoms. The van der Waals surface area contributed by atoms with Crippen molar-refractivity contribution in [3.8, 4) is 0 Å². The molecule has 1 aliphatic carbocycles. The summed E-state index contributed by atoms with van der Waals surface area (Å²) < 4.78 is 0. The zero-order valence-corrected chi connectivity index (χ0v) is 14.9. The lowest BCUT2D eigenvalue weighted by molar-refractivity contribution is -0.122. The number of nitrogens with zero attached hydrogens (tertiary/aromatic N) is 3. The van der Waals surface area contributed by atoms with Gasteiger partial charge in [-0.05, 0) is 19.8 Å². The maximum atomic E-state index is 12.1. The Kier molecular flexibility index (Phi) is 5.89. The molecule has 5 nitrogen and oxygen atoms in total. The van der Waals surface area contributed by atoms with E-state index < -0.39 is 0 Å². The number of amides is 1. The van der Waals surface area contributed by atoms with Crippen LogP contribution in [0.1, 0.15) is 44.2 Å². The number of aromatic nitrogens is 1. The summed E-state index contributed by atoms with van der Waals surface area (Å²) in [5.41, 5.74) is 1.10. The summed E-state index contributed by atoms with van der Waals surface area (Å²) in [6, 6.07) is 0.432. The van der Waals surface area contributed by atoms with Gasteiger partial charge in [0.05, 0.1) is 5.69 Å². The van der Waals surface area contributed by atoms with Gasteiger partial charge in [0.15, 0.2) is 5.13 Å². The van der Waals surface area contributed by atoms with Crippen LogP contribution in [0.4, 0.5) is 5.13 Å². The molecule has 1 aromatic heterocycles. The summed E-state index contributed by atoms with van der Waals surface area (Å²) in [5.74, 6) is 0.231. The second-order valence-corrected chi connectivity index (χ2v) is 7.59. The first-order chi connectivity index (χ1) is 11.2. The van der Waals surface area contributed by atoms with Gasteiger partial charge < -0.3 is 10.2 Å². The Morgan fingerprint density at radius 1 is 1.26 bits per heavy atom. The maximum Gasteiger partial charge on any atom is 0.221 e. The van der Waals surface area contributed by atoms with Gasteiger partial charge in [0, 0.05) is 50.6 Å². The molecule has 1 aromatic rings. The molecule has 128 valence electrons. The highest BCUT2D eigenvalue weighted by Crippen LogP contribution is 2.21. The predicted octanol–water partition coefficient (Wildman–Crippen LogP) is 2.41. The van der Waals surface area contributed by atoms with Crippen molar-refractivity contribution >= 4 is 22.4 Å². The molecule has 2 aliphatic rings. The first-order valence-electron chi connectivity index (χ1n) is 8.89. The number of piperazine rings is 1. The van der Waals surface area contributed by atoms with Gasteiger partial charge in [-0.2, -0.15) is 0 Å². The normalized spacial score (nSPS) is 20.7. The van der Waals surface area contributed by atoms with E-state index in [0.717, 1.165) is 56.4 Å². The summed E-state index contributed by atoms with van der Waals surface area (Å²) in [5, 5.41) is 6.46. The van der Waals surface area contributed by atoms with E-state index in [1.54, 1.807) is 11.3 Å². The van der Waals surface area contributed by atoms with Gasteiger partial charge >= 0.3 is 0 Å². The van der Waals surface area contributed by atoms with E-state index in [1.807, 2.05) is 6.92 Å². The Bertz CT molecular complexity index is 504. The Morgan fingerprint density at radius 2 is 2.00 bits per heavy atom. The van der Waals surface area contributed by atoms with Crippen molar-refractivity contribution < 1.29 is 4.79 Å². The van der Waals surface area contributed by atoms with Gasteiger partial charge in [-0.1, -0.05) is 19.3 Å². The first-order valence-corrected chi connectivity index (χ1v) is 9.77. The molecule has 1 aliphatic heterocycles. The lowest BCUT2D eigenvalue weighted by Crippen LogP contribution is -2.47. The van der Waals surface area contributed by atoms with Crippen LogP contribution in [0.2, 0.25) is 0 Å². The lowest BCUT2D eigenvalue weighted by atomic mass is 9.95. The molecule has 1 amide bonds. The van der Waals surface area contributed by atoms with Crippen LogP contribution >= 0.6 is 11.3 Å². The highest BCUT2D eigenvalue weighted by atomic mass is 32.1. The molecule has 0 bridgehead atoms. The Labute approximate surface area is 143 Å². The van der Waals surface area contributed by atoms with Crippen molar-refractivity contribution in [1.82, 2.24) is 15.2 Å². The van der Waals surface area contributed by atoms with Crippen LogP contribution < -0.4 is 10.2 Å². The number of hydrogen-bond acceptors (Lipinski definition) is 5. The Balaban J connectivity index is 1.34. The largest absolute Gasteiger partial charge is 0.353 e. The van der Waals surface area contributed by atoms with E-state index in [1.165, 1.54) is 19.3 Å². The standard InChI is InChI=1S/C17H28N4OS/c1-14-13-23-17(18-14)21-11-9-20(10-12-21)8-7-16(22)19-15-5-3-2-4-6-15/h13,15H,2-12H2,1H3,(H,19,22). The second kappa shape index (κ2) is 8.11. The highest BCUT2D eigenvalue weighted by Gasteiger charge is 2.20. The van der Waals surface area contributed by atoms with Gasteiger partial charge in [0.2, 0.25) is 5.91 Å². The topological polar surface area (TPSA) is 48.5 Å². The molecule has 1 N–H and O–H groups in total. The summed E-state index contributed by atoms with van der Waals surface area (Å²) in [4.78, 5) is 21.4. The van der Waals surface area contributed by atoms with Crippen LogP contribution in [0, 0.1) is 6.92 Å². The minimum atomic E-state index is 0.231. The number of anilines is 1. The zero-order valence-electron chi connectivity index (χ0n) is 14.1. The highest BCUT2D eigenvalue weighted by molar-refractivity contribution is 7.13. The molecule has 0 radical (unpaired) electrons. The van der Waals surface area contributed by atoms with Gasteiger partial charge in [0.1, 0.15) is 0 Å². The lowest BCUT2D eigenvalue weighted by Gasteiger charge is -2.34. The van der Waals surface area contributed by atoms with Gasteiger partial charge in [-0.15, -0.1) is 11.3 Å². The van der Waals surface area contributed by atoms with Crippen LogP contribution in [0.5, 0.6) is 0 Å². The second-order valence-electron chi connectivity index (χ2n) is 6.75. The van der Waals surface area contributed by atoms with E-state index in [2.05, 4.69) is 25.5 Å². The Morgan fingerprint density at radius 3 is 2.65 bits per heavy atom. The van der Waals surface area contributed by atoms with Crippen molar-refractivity contribution in [3.63, 3.8) is 0 Å². The zero-order chi connectivity index (χ0) is 16.1. The summed E-state index contributed by atoms with van der Waals surface area (Å²) >= 11 is 1.73. The third kappa shape index (κ3) is 4.91. The van der Waals surface area contributed by atoms with Gasteiger partial charge in [-0.3, -0.25) is 9.69 Å². The third-order valence-corrected chi connectivity index (χ3v) is 5.89. The van der Waals surface area contributed by atoms with E-state index >= 15 is 0 Å². The number of hydrogen-bond donors (Lipinski definition) is 1. The fraction of sp³-hybridized carbons (Fsp3) is 0.765. The number of carbonyl (C=O) groups is 1. The van der Waals surface area contributed by atoms with Crippen LogP contribution in [0.3, 0.4) is 0 Å². The fourth-order valence-electron chi connectivity index (χ4n) is 3.46. The minimum Gasteiger partial charge on any atom is -0.353 e. The van der Waals surface area contributed by atoms with Crippen molar-refractivity contribution in [1.29, 1.82) is 0 Å². The SMILES string of the molecule is Cc1csc(N2CCN(CCC(=O)NC3CCCCC3)CC2)n1. The summed E-state index contributed by atoms with van der Waals surface area (Å²) in [7, 11) is 0.